The summed E-state index contributed by atoms with van der Waals surface area (Å²) in [7, 11) is 1.40. The first-order valence-corrected chi connectivity index (χ1v) is 5.28. The Morgan fingerprint density at radius 3 is 2.76 bits per heavy atom. The molecule has 2 rings (SSSR count). The molecule has 4 nitrogen and oxygen atoms in total. The molecule has 17 heavy (non-hydrogen) atoms. The highest BCUT2D eigenvalue weighted by Gasteiger charge is 2.20. The second-order valence-electron chi connectivity index (χ2n) is 3.24. The Morgan fingerprint density at radius 2 is 2.18 bits per heavy atom. The van der Waals surface area contributed by atoms with Crippen LogP contribution in [0.3, 0.4) is 0 Å². The van der Waals surface area contributed by atoms with Crippen LogP contribution in [0.4, 0.5) is 5.69 Å². The van der Waals surface area contributed by atoms with Crippen LogP contribution < -0.4 is 5.06 Å². The molecule has 0 aliphatic rings. The number of furan rings is 1. The molecular formula is C12H10ClNO3. The zero-order valence-corrected chi connectivity index (χ0v) is 9.85. The first-order valence-electron chi connectivity index (χ1n) is 4.90. The van der Waals surface area contributed by atoms with Gasteiger partial charge in [0.25, 0.3) is 0 Å². The van der Waals surface area contributed by atoms with E-state index in [4.69, 9.17) is 20.9 Å². The average molecular weight is 252 g/mol. The fourth-order valence-corrected chi connectivity index (χ4v) is 1.59. The smallest absolute Gasteiger partial charge is 0.317 e. The molecule has 0 unspecified atom stereocenters. The molecule has 0 radical (unpaired) electrons. The van der Waals surface area contributed by atoms with E-state index in [-0.39, 0.29) is 11.7 Å². The molecule has 2 aromatic rings. The summed E-state index contributed by atoms with van der Waals surface area (Å²) in [6.07, 6.45) is 1.43. The summed E-state index contributed by atoms with van der Waals surface area (Å²) >= 11 is 5.86. The van der Waals surface area contributed by atoms with Gasteiger partial charge in [-0.1, -0.05) is 17.7 Å². The first kappa shape index (κ1) is 11.7. The number of carbonyl (C=O) groups is 1. The van der Waals surface area contributed by atoms with Crippen molar-refractivity contribution in [2.75, 3.05) is 12.2 Å². The van der Waals surface area contributed by atoms with Gasteiger partial charge in [0, 0.05) is 5.02 Å². The van der Waals surface area contributed by atoms with E-state index >= 15 is 0 Å². The molecule has 0 spiro atoms. The van der Waals surface area contributed by atoms with Crippen molar-refractivity contribution in [3.05, 3.63) is 53.4 Å². The van der Waals surface area contributed by atoms with E-state index in [9.17, 15) is 4.79 Å². The third kappa shape index (κ3) is 2.49. The van der Waals surface area contributed by atoms with Gasteiger partial charge in [-0.2, -0.15) is 5.06 Å². The van der Waals surface area contributed by atoms with Gasteiger partial charge >= 0.3 is 5.91 Å². The van der Waals surface area contributed by atoms with E-state index in [0.717, 1.165) is 5.06 Å². The minimum atomic E-state index is -0.389. The third-order valence-electron chi connectivity index (χ3n) is 2.14. The summed E-state index contributed by atoms with van der Waals surface area (Å²) in [6, 6.07) is 10.0. The number of hydroxylamine groups is 1. The maximum atomic E-state index is 12.0. The first-order chi connectivity index (χ1) is 8.22. The normalized spacial score (nSPS) is 10.2. The predicted molar refractivity (Wildman–Crippen MR) is 64.0 cm³/mol. The Kier molecular flexibility index (Phi) is 3.46. The Morgan fingerprint density at radius 1 is 1.35 bits per heavy atom. The monoisotopic (exact) mass is 251 g/mol. The molecular weight excluding hydrogens is 242 g/mol. The second-order valence-corrected chi connectivity index (χ2v) is 3.68. The Bertz CT molecular complexity index is 510. The van der Waals surface area contributed by atoms with Gasteiger partial charge in [-0.25, -0.2) is 0 Å². The van der Waals surface area contributed by atoms with Crippen molar-refractivity contribution in [2.24, 2.45) is 0 Å². The summed E-state index contributed by atoms with van der Waals surface area (Å²) in [5.41, 5.74) is 0.543. The fraction of sp³-hybridized carbons (Fsp3) is 0.0833. The standard InChI is InChI=1S/C12H10ClNO3/c1-16-14(10-5-2-4-9(13)8-10)12(15)11-6-3-7-17-11/h2-8H,1H3. The summed E-state index contributed by atoms with van der Waals surface area (Å²) in [5, 5.41) is 1.64. The molecule has 0 aliphatic heterocycles. The zero-order valence-electron chi connectivity index (χ0n) is 9.09. The van der Waals surface area contributed by atoms with Gasteiger partial charge in [-0.15, -0.1) is 0 Å². The fourth-order valence-electron chi connectivity index (χ4n) is 1.41. The summed E-state index contributed by atoms with van der Waals surface area (Å²) in [4.78, 5) is 17.1. The largest absolute Gasteiger partial charge is 0.459 e. The number of rotatable bonds is 3. The minimum absolute atomic E-state index is 0.201. The van der Waals surface area contributed by atoms with E-state index in [1.165, 1.54) is 13.4 Å². The van der Waals surface area contributed by atoms with Crippen molar-refractivity contribution in [2.45, 2.75) is 0 Å². The van der Waals surface area contributed by atoms with Crippen molar-refractivity contribution in [1.82, 2.24) is 0 Å². The molecule has 0 saturated carbocycles. The molecule has 0 fully saturated rings. The Balaban J connectivity index is 2.31. The molecule has 0 aliphatic carbocycles. The van der Waals surface area contributed by atoms with E-state index < -0.39 is 0 Å². The van der Waals surface area contributed by atoms with Gasteiger partial charge < -0.3 is 4.42 Å². The Labute approximate surface area is 103 Å². The van der Waals surface area contributed by atoms with E-state index in [2.05, 4.69) is 0 Å². The lowest BCUT2D eigenvalue weighted by molar-refractivity contribution is 0.0745. The summed E-state index contributed by atoms with van der Waals surface area (Å²) < 4.78 is 5.03. The molecule has 1 heterocycles. The van der Waals surface area contributed by atoms with Gasteiger partial charge in [0.05, 0.1) is 19.1 Å². The second kappa shape index (κ2) is 5.03. The average Bonchev–Trinajstić information content (AvgIpc) is 2.83. The van der Waals surface area contributed by atoms with Gasteiger partial charge in [0.15, 0.2) is 5.76 Å². The molecule has 1 amide bonds. The van der Waals surface area contributed by atoms with Gasteiger partial charge in [-0.05, 0) is 30.3 Å². The van der Waals surface area contributed by atoms with Gasteiger partial charge in [0.1, 0.15) is 0 Å². The summed E-state index contributed by atoms with van der Waals surface area (Å²) in [5.74, 6) is -0.188. The van der Waals surface area contributed by atoms with E-state index in [1.54, 1.807) is 36.4 Å². The molecule has 88 valence electrons. The van der Waals surface area contributed by atoms with Crippen LogP contribution in [-0.4, -0.2) is 13.0 Å². The molecule has 0 saturated heterocycles. The number of hydrogen-bond acceptors (Lipinski definition) is 3. The lowest BCUT2D eigenvalue weighted by atomic mass is 10.3. The lowest BCUT2D eigenvalue weighted by Crippen LogP contribution is -2.29. The maximum absolute atomic E-state index is 12.0. The van der Waals surface area contributed by atoms with E-state index in [0.29, 0.717) is 10.7 Å². The highest BCUT2D eigenvalue weighted by Crippen LogP contribution is 2.21. The third-order valence-corrected chi connectivity index (χ3v) is 2.38. The van der Waals surface area contributed by atoms with Crippen LogP contribution in [0.5, 0.6) is 0 Å². The molecule has 0 bridgehead atoms. The zero-order chi connectivity index (χ0) is 12.3. The number of amides is 1. The van der Waals surface area contributed by atoms with Crippen LogP contribution in [0.1, 0.15) is 10.6 Å². The number of carbonyl (C=O) groups excluding carboxylic acids is 1. The molecule has 1 aromatic carbocycles. The minimum Gasteiger partial charge on any atom is -0.459 e. The predicted octanol–water partition coefficient (Wildman–Crippen LogP) is 3.14. The highest BCUT2D eigenvalue weighted by molar-refractivity contribution is 6.30. The van der Waals surface area contributed by atoms with Gasteiger partial charge in [0.2, 0.25) is 0 Å². The number of hydrogen-bond donors (Lipinski definition) is 0. The van der Waals surface area contributed by atoms with Crippen molar-refractivity contribution < 1.29 is 14.0 Å². The van der Waals surface area contributed by atoms with Crippen molar-refractivity contribution in [3.63, 3.8) is 0 Å². The number of nitrogens with zero attached hydrogens (tertiary/aromatic N) is 1. The number of benzene rings is 1. The van der Waals surface area contributed by atoms with Crippen molar-refractivity contribution in [3.8, 4) is 0 Å². The SMILES string of the molecule is CON(C(=O)c1ccco1)c1cccc(Cl)c1. The molecule has 1 aromatic heterocycles. The van der Waals surface area contributed by atoms with E-state index in [1.807, 2.05) is 0 Å². The highest BCUT2D eigenvalue weighted by atomic mass is 35.5. The summed E-state index contributed by atoms with van der Waals surface area (Å²) in [6.45, 7) is 0. The van der Waals surface area contributed by atoms with Crippen LogP contribution in [0, 0.1) is 0 Å². The quantitative estimate of drug-likeness (QED) is 0.787. The van der Waals surface area contributed by atoms with Crippen LogP contribution in [0.25, 0.3) is 0 Å². The Hall–Kier alpha value is -1.78. The van der Waals surface area contributed by atoms with Crippen LogP contribution >= 0.6 is 11.6 Å². The van der Waals surface area contributed by atoms with Gasteiger partial charge in [-0.3, -0.25) is 9.63 Å². The molecule has 0 N–H and O–H groups in total. The van der Waals surface area contributed by atoms with Crippen molar-refractivity contribution >= 4 is 23.2 Å². The topological polar surface area (TPSA) is 42.7 Å². The molecule has 0 atom stereocenters. The van der Waals surface area contributed by atoms with Crippen LogP contribution in [0.15, 0.2) is 47.1 Å². The lowest BCUT2D eigenvalue weighted by Gasteiger charge is -2.18. The van der Waals surface area contributed by atoms with Crippen LogP contribution in [0.2, 0.25) is 5.02 Å². The molecule has 5 heteroatoms. The van der Waals surface area contributed by atoms with Crippen LogP contribution in [-0.2, 0) is 4.84 Å². The number of halogens is 1. The maximum Gasteiger partial charge on any atom is 0.317 e. The number of anilines is 1. The van der Waals surface area contributed by atoms with Crippen molar-refractivity contribution in [1.29, 1.82) is 0 Å².